The molecule has 0 unspecified atom stereocenters. The predicted octanol–water partition coefficient (Wildman–Crippen LogP) is 6.49. The quantitative estimate of drug-likeness (QED) is 0.279. The average Bonchev–Trinajstić information content (AvgIpc) is 2.68. The van der Waals surface area contributed by atoms with E-state index in [9.17, 15) is 0 Å². The molecule has 30 heavy (non-hydrogen) atoms. The zero-order valence-electron chi connectivity index (χ0n) is 17.8. The molecular weight excluding hydrogens is 434 g/mol. The number of fused-ring (bicyclic) bond motifs is 3. The Hall–Kier alpha value is -2.23. The van der Waals surface area contributed by atoms with Crippen LogP contribution >= 0.6 is 12.4 Å². The maximum absolute atomic E-state index is 4.98. The molecule has 0 fully saturated rings. The van der Waals surface area contributed by atoms with Crippen LogP contribution in [0.5, 0.6) is 0 Å². The molecule has 158 valence electrons. The van der Waals surface area contributed by atoms with Gasteiger partial charge in [0.2, 0.25) is 0 Å². The second-order valence-electron chi connectivity index (χ2n) is 7.46. The maximum Gasteiger partial charge on any atom is -0.147 e. The Bertz CT molecular complexity index is 1220. The Morgan fingerprint density at radius 1 is 0.867 bits per heavy atom. The number of rotatable bonds is 4. The van der Waals surface area contributed by atoms with Crippen LogP contribution < -0.4 is 10.6 Å². The van der Waals surface area contributed by atoms with Crippen LogP contribution in [0.4, 0.5) is 0 Å². The Kier molecular flexibility index (Phi) is 7.79. The van der Waals surface area contributed by atoms with Crippen molar-refractivity contribution in [1.82, 2.24) is 16.1 Å². The van der Waals surface area contributed by atoms with Gasteiger partial charge in [-0.1, -0.05) is 0 Å². The Labute approximate surface area is 191 Å². The van der Waals surface area contributed by atoms with E-state index in [0.717, 1.165) is 52.6 Å². The number of nitrogens with zero attached hydrogens (tertiary/aromatic N) is 2. The summed E-state index contributed by atoms with van der Waals surface area (Å²) in [6, 6.07) is 19.2. The number of pyridine rings is 2. The average molecular weight is 462 g/mol. The number of halogens is 1. The molecule has 0 amide bonds. The molecule has 0 aliphatic carbocycles. The van der Waals surface area contributed by atoms with Gasteiger partial charge >= 0.3 is 173 Å². The van der Waals surface area contributed by atoms with Crippen LogP contribution in [-0.4, -0.2) is 9.97 Å². The summed E-state index contributed by atoms with van der Waals surface area (Å²) in [5.74, 6) is 0.489. The summed E-state index contributed by atoms with van der Waals surface area (Å²) in [5.41, 5.74) is 6.58. The summed E-state index contributed by atoms with van der Waals surface area (Å²) >= 11 is 0.815. The van der Waals surface area contributed by atoms with Gasteiger partial charge in [-0.3, -0.25) is 0 Å². The van der Waals surface area contributed by atoms with Gasteiger partial charge in [-0.25, -0.2) is 0 Å². The third-order valence-corrected chi connectivity index (χ3v) is 6.60. The molecule has 0 aliphatic rings. The fourth-order valence-corrected chi connectivity index (χ4v) is 4.90. The van der Waals surface area contributed by atoms with Crippen LogP contribution in [-0.2, 0) is 15.0 Å². The Morgan fingerprint density at radius 2 is 1.47 bits per heavy atom. The van der Waals surface area contributed by atoms with Crippen molar-refractivity contribution >= 4 is 43.1 Å². The number of hydrogen-bond donors (Lipinski definition) is 1. The molecule has 2 aromatic heterocycles. The fourth-order valence-electron chi connectivity index (χ4n) is 3.39. The standard InChI is InChI=1S/C15H11N2.C10H13.ClH.Fe.H3N/c1-3-13-9-8-12-7-6-11-5-4-10(2)16-14(11)15(12)17-13;1-8(2)10-6-4-5-9(3)7-10;;;/h4-9H,1H2,2H3;4-6,8H,1-3H3;1H;;1H3. The second kappa shape index (κ2) is 9.72. The van der Waals surface area contributed by atoms with E-state index in [-0.39, 0.29) is 18.6 Å². The number of benzene rings is 2. The van der Waals surface area contributed by atoms with Gasteiger partial charge in [0, 0.05) is 0 Å². The van der Waals surface area contributed by atoms with E-state index in [0.29, 0.717) is 5.92 Å². The molecule has 4 aromatic rings. The van der Waals surface area contributed by atoms with Crippen molar-refractivity contribution < 1.29 is 15.0 Å². The minimum absolute atomic E-state index is 0. The summed E-state index contributed by atoms with van der Waals surface area (Å²) in [6.45, 7) is 13.1. The van der Waals surface area contributed by atoms with E-state index in [1.165, 1.54) is 15.6 Å². The van der Waals surface area contributed by atoms with Crippen molar-refractivity contribution in [1.29, 1.82) is 0 Å². The first-order chi connectivity index (χ1) is 13.4. The van der Waals surface area contributed by atoms with Crippen molar-refractivity contribution in [2.45, 2.75) is 33.6 Å². The molecule has 0 saturated carbocycles. The topological polar surface area (TPSA) is 60.8 Å². The maximum atomic E-state index is 4.98. The third kappa shape index (κ3) is 4.58. The first-order valence-electron chi connectivity index (χ1n) is 9.52. The van der Waals surface area contributed by atoms with Gasteiger partial charge in [0.1, 0.15) is 0 Å². The van der Waals surface area contributed by atoms with Gasteiger partial charge in [0.25, 0.3) is 0 Å². The van der Waals surface area contributed by atoms with Crippen LogP contribution in [0.3, 0.4) is 0 Å². The first kappa shape index (κ1) is 24.0. The second-order valence-corrected chi connectivity index (χ2v) is 8.95. The first-order valence-corrected chi connectivity index (χ1v) is 10.6. The number of hydrogen-bond acceptors (Lipinski definition) is 3. The Morgan fingerprint density at radius 3 is 2.13 bits per heavy atom. The van der Waals surface area contributed by atoms with Crippen LogP contribution in [0.25, 0.3) is 26.3 Å². The van der Waals surface area contributed by atoms with Crippen LogP contribution in [0.2, 0.25) is 0 Å². The van der Waals surface area contributed by atoms with E-state index >= 15 is 0 Å². The molecule has 5 heteroatoms. The summed E-state index contributed by atoms with van der Waals surface area (Å²) in [4.78, 5) is 9.73. The third-order valence-electron chi connectivity index (χ3n) is 4.95. The minimum Gasteiger partial charge on any atom is -0.344 e. The largest absolute Gasteiger partial charge is 0.344 e. The van der Waals surface area contributed by atoms with E-state index < -0.39 is 0 Å². The van der Waals surface area contributed by atoms with Crippen molar-refractivity contribution in [3.05, 3.63) is 83.7 Å². The minimum atomic E-state index is 0. The van der Waals surface area contributed by atoms with E-state index in [1.807, 2.05) is 13.0 Å². The van der Waals surface area contributed by atoms with Gasteiger partial charge in [-0.2, -0.15) is 0 Å². The monoisotopic (exact) mass is 461 g/mol. The molecule has 3 nitrogen and oxygen atoms in total. The van der Waals surface area contributed by atoms with E-state index in [2.05, 4.69) is 75.9 Å². The molecule has 4 rings (SSSR count). The van der Waals surface area contributed by atoms with Crippen LogP contribution in [0.15, 0.2) is 61.2 Å². The summed E-state index contributed by atoms with van der Waals surface area (Å²) in [5, 5.41) is 2.23. The number of aromatic nitrogens is 2. The zero-order valence-corrected chi connectivity index (χ0v) is 19.8. The molecule has 0 atom stereocenters. The summed E-state index contributed by atoms with van der Waals surface area (Å²) in [7, 11) is 0. The van der Waals surface area contributed by atoms with Crippen molar-refractivity contribution in [3.63, 3.8) is 0 Å². The van der Waals surface area contributed by atoms with E-state index in [1.54, 1.807) is 0 Å². The molecule has 0 saturated heterocycles. The van der Waals surface area contributed by atoms with Crippen molar-refractivity contribution in [2.24, 2.45) is 0 Å². The molecule has 0 radical (unpaired) electrons. The molecule has 0 aliphatic heterocycles. The Balaban J connectivity index is 0.00000160. The SMILES string of the molecule is C=[C]([Fe][c]1c(C)cccc1C(C)C)c1ccc2ccc3ccc(C)nc3c2n1.Cl.N. The molecule has 0 spiro atoms. The van der Waals surface area contributed by atoms with Crippen molar-refractivity contribution in [2.75, 3.05) is 0 Å². The van der Waals surface area contributed by atoms with Crippen LogP contribution in [0.1, 0.15) is 42.3 Å². The smallest absolute Gasteiger partial charge is 0.147 e. The van der Waals surface area contributed by atoms with Gasteiger partial charge < -0.3 is 6.15 Å². The molecule has 2 aromatic carbocycles. The van der Waals surface area contributed by atoms with Gasteiger partial charge in [0.15, 0.2) is 0 Å². The molecule has 0 bridgehead atoms. The molecule has 3 N–H and O–H groups in total. The predicted molar refractivity (Wildman–Crippen MR) is 128 cm³/mol. The van der Waals surface area contributed by atoms with Gasteiger partial charge in [-0.05, 0) is 0 Å². The summed E-state index contributed by atoms with van der Waals surface area (Å²) < 4.78 is 2.42. The van der Waals surface area contributed by atoms with E-state index in [4.69, 9.17) is 9.97 Å². The summed E-state index contributed by atoms with van der Waals surface area (Å²) in [6.07, 6.45) is 0. The molecule has 2 heterocycles. The normalized spacial score (nSPS) is 10.8. The molecular formula is C25H28ClFeN3. The zero-order chi connectivity index (χ0) is 19.8. The number of aryl methyl sites for hydroxylation is 2. The van der Waals surface area contributed by atoms with Gasteiger partial charge in [-0.15, -0.1) is 12.4 Å². The fraction of sp³-hybridized carbons (Fsp3) is 0.200. The van der Waals surface area contributed by atoms with Gasteiger partial charge in [0.05, 0.1) is 0 Å². The van der Waals surface area contributed by atoms with Crippen molar-refractivity contribution in [3.8, 4) is 0 Å². The van der Waals surface area contributed by atoms with Crippen LogP contribution in [0, 0.1) is 13.8 Å².